The van der Waals surface area contributed by atoms with Crippen LogP contribution < -0.4 is 11.5 Å². The third-order valence-electron chi connectivity index (χ3n) is 4.92. The standard InChI is InChI=1S/C18H34N4O11/c19-17(31)15(11(7-23)8-24)21(5-13(27)28)1-3-33-4-2-22(6-14(29)30)16(18(20)32)12(9-25)10-26/h11-12,15-16,23-26H,1-10H2,(H2,19,31)(H2,20,32)(H,27,28)(H,29,30). The van der Waals surface area contributed by atoms with Crippen LogP contribution in [0.2, 0.25) is 0 Å². The lowest BCUT2D eigenvalue weighted by atomic mass is 9.99. The summed E-state index contributed by atoms with van der Waals surface area (Å²) >= 11 is 0. The zero-order chi connectivity index (χ0) is 25.6. The van der Waals surface area contributed by atoms with E-state index in [1.807, 2.05) is 0 Å². The second kappa shape index (κ2) is 16.2. The van der Waals surface area contributed by atoms with E-state index in [-0.39, 0.29) is 26.3 Å². The van der Waals surface area contributed by atoms with Crippen LogP contribution in [-0.2, 0) is 23.9 Å². The molecule has 0 saturated carbocycles. The van der Waals surface area contributed by atoms with Gasteiger partial charge in [0.25, 0.3) is 0 Å². The minimum absolute atomic E-state index is 0.134. The maximum Gasteiger partial charge on any atom is 0.317 e. The van der Waals surface area contributed by atoms with Crippen molar-refractivity contribution in [3.05, 3.63) is 0 Å². The first kappa shape index (κ1) is 30.6. The van der Waals surface area contributed by atoms with Crippen molar-refractivity contribution in [1.29, 1.82) is 0 Å². The Morgan fingerprint density at radius 3 is 1.18 bits per heavy atom. The van der Waals surface area contributed by atoms with Crippen molar-refractivity contribution in [2.45, 2.75) is 12.1 Å². The first-order valence-electron chi connectivity index (χ1n) is 10.0. The number of aliphatic hydroxyl groups excluding tert-OH is 4. The van der Waals surface area contributed by atoms with Crippen LogP contribution in [0.4, 0.5) is 0 Å². The van der Waals surface area contributed by atoms with E-state index in [1.54, 1.807) is 0 Å². The summed E-state index contributed by atoms with van der Waals surface area (Å²) in [7, 11) is 0. The van der Waals surface area contributed by atoms with E-state index in [2.05, 4.69) is 0 Å². The van der Waals surface area contributed by atoms with Gasteiger partial charge in [-0.1, -0.05) is 0 Å². The Morgan fingerprint density at radius 1 is 0.667 bits per heavy atom. The maximum absolute atomic E-state index is 11.8. The van der Waals surface area contributed by atoms with Gasteiger partial charge in [0.05, 0.1) is 64.8 Å². The summed E-state index contributed by atoms with van der Waals surface area (Å²) in [5, 5.41) is 55.6. The average molecular weight is 482 g/mol. The number of aliphatic carboxylic acids is 2. The fraction of sp³-hybridized carbons (Fsp3) is 0.778. The molecule has 15 nitrogen and oxygen atoms in total. The Kier molecular flexibility index (Phi) is 15.1. The largest absolute Gasteiger partial charge is 0.480 e. The molecule has 0 aliphatic heterocycles. The van der Waals surface area contributed by atoms with Gasteiger partial charge in [0.2, 0.25) is 11.8 Å². The normalized spacial score (nSPS) is 13.6. The second-order valence-electron chi connectivity index (χ2n) is 7.29. The Bertz CT molecular complexity index is 577. The van der Waals surface area contributed by atoms with Crippen LogP contribution >= 0.6 is 0 Å². The van der Waals surface area contributed by atoms with Gasteiger partial charge in [-0.2, -0.15) is 0 Å². The van der Waals surface area contributed by atoms with Crippen molar-refractivity contribution in [3.63, 3.8) is 0 Å². The fourth-order valence-corrected chi connectivity index (χ4v) is 3.38. The molecule has 0 rings (SSSR count). The summed E-state index contributed by atoms with van der Waals surface area (Å²) in [6, 6.07) is -2.56. The number of ether oxygens (including phenoxy) is 1. The SMILES string of the molecule is NC(=O)C(C(CO)CO)N(CCOCCN(CC(=O)O)C(C(N)=O)C(CO)CO)CC(=O)O. The van der Waals surface area contributed by atoms with E-state index in [0.29, 0.717) is 0 Å². The summed E-state index contributed by atoms with van der Waals surface area (Å²) in [6.45, 7) is -4.28. The number of primary amides is 2. The monoisotopic (exact) mass is 482 g/mol. The predicted molar refractivity (Wildman–Crippen MR) is 111 cm³/mol. The summed E-state index contributed by atoms with van der Waals surface area (Å²) in [4.78, 5) is 48.2. The Morgan fingerprint density at radius 2 is 0.970 bits per heavy atom. The molecule has 0 aromatic rings. The molecule has 0 bridgehead atoms. The molecule has 0 radical (unpaired) electrons. The highest BCUT2D eigenvalue weighted by atomic mass is 16.5. The number of carbonyl (C=O) groups excluding carboxylic acids is 2. The number of carbonyl (C=O) groups is 4. The molecule has 0 aliphatic rings. The van der Waals surface area contributed by atoms with Gasteiger partial charge in [-0.15, -0.1) is 0 Å². The molecular weight excluding hydrogens is 448 g/mol. The predicted octanol–water partition coefficient (Wildman–Crippen LogP) is -5.31. The third kappa shape index (κ3) is 10.8. The first-order chi connectivity index (χ1) is 15.5. The zero-order valence-corrected chi connectivity index (χ0v) is 18.2. The highest BCUT2D eigenvalue weighted by molar-refractivity contribution is 5.81. The van der Waals surface area contributed by atoms with Gasteiger partial charge in [0.1, 0.15) is 0 Å². The lowest BCUT2D eigenvalue weighted by molar-refractivity contribution is -0.142. The van der Waals surface area contributed by atoms with Crippen molar-refractivity contribution in [2.24, 2.45) is 23.3 Å². The molecule has 0 saturated heterocycles. The van der Waals surface area contributed by atoms with Crippen LogP contribution in [0.5, 0.6) is 0 Å². The Balaban J connectivity index is 5.18. The average Bonchev–Trinajstić information content (AvgIpc) is 2.72. The number of nitrogens with zero attached hydrogens (tertiary/aromatic N) is 2. The number of aliphatic hydroxyl groups is 4. The number of nitrogens with two attached hydrogens (primary N) is 2. The molecule has 33 heavy (non-hydrogen) atoms. The van der Waals surface area contributed by atoms with Crippen molar-refractivity contribution < 1.29 is 54.6 Å². The fourth-order valence-electron chi connectivity index (χ4n) is 3.38. The summed E-state index contributed by atoms with van der Waals surface area (Å²) < 4.78 is 5.39. The lowest BCUT2D eigenvalue weighted by Gasteiger charge is -2.33. The van der Waals surface area contributed by atoms with Crippen molar-refractivity contribution in [1.82, 2.24) is 9.80 Å². The molecular formula is C18H34N4O11. The lowest BCUT2D eigenvalue weighted by Crippen LogP contribution is -2.54. The van der Waals surface area contributed by atoms with Crippen LogP contribution in [0.1, 0.15) is 0 Å². The summed E-state index contributed by atoms with van der Waals surface area (Å²) in [5.74, 6) is -6.49. The highest BCUT2D eigenvalue weighted by Crippen LogP contribution is 2.13. The van der Waals surface area contributed by atoms with E-state index in [0.717, 1.165) is 9.80 Å². The molecule has 15 heteroatoms. The van der Waals surface area contributed by atoms with Crippen LogP contribution in [0.25, 0.3) is 0 Å². The highest BCUT2D eigenvalue weighted by Gasteiger charge is 2.34. The van der Waals surface area contributed by atoms with Gasteiger partial charge in [-0.3, -0.25) is 29.0 Å². The molecule has 10 N–H and O–H groups in total. The molecule has 2 atom stereocenters. The third-order valence-corrected chi connectivity index (χ3v) is 4.92. The number of carboxylic acids is 2. The zero-order valence-electron chi connectivity index (χ0n) is 18.2. The quantitative estimate of drug-likeness (QED) is 0.0755. The molecule has 0 aromatic heterocycles. The van der Waals surface area contributed by atoms with Gasteiger partial charge in [0, 0.05) is 24.9 Å². The molecule has 0 spiro atoms. The van der Waals surface area contributed by atoms with Crippen LogP contribution in [0, 0.1) is 11.8 Å². The molecule has 192 valence electrons. The first-order valence-corrected chi connectivity index (χ1v) is 10.0. The van der Waals surface area contributed by atoms with E-state index >= 15 is 0 Å². The molecule has 2 amide bonds. The minimum Gasteiger partial charge on any atom is -0.480 e. The van der Waals surface area contributed by atoms with Gasteiger partial charge < -0.3 is 46.8 Å². The summed E-state index contributed by atoms with van der Waals surface area (Å²) in [5.41, 5.74) is 10.6. The summed E-state index contributed by atoms with van der Waals surface area (Å²) in [6.07, 6.45) is 0. The van der Waals surface area contributed by atoms with E-state index in [1.165, 1.54) is 0 Å². The molecule has 0 aliphatic carbocycles. The van der Waals surface area contributed by atoms with Crippen LogP contribution in [0.15, 0.2) is 0 Å². The van der Waals surface area contributed by atoms with Crippen molar-refractivity contribution >= 4 is 23.8 Å². The van der Waals surface area contributed by atoms with E-state index < -0.39 is 87.2 Å². The number of hydrogen-bond acceptors (Lipinski definition) is 11. The number of carboxylic acid groups (broad SMARTS) is 2. The maximum atomic E-state index is 11.8. The number of rotatable bonds is 20. The van der Waals surface area contributed by atoms with Gasteiger partial charge >= 0.3 is 11.9 Å². The Labute approximate surface area is 190 Å². The topological polar surface area (TPSA) is 257 Å². The van der Waals surface area contributed by atoms with Gasteiger partial charge in [-0.05, 0) is 0 Å². The minimum atomic E-state index is -1.29. The second-order valence-corrected chi connectivity index (χ2v) is 7.29. The number of amides is 2. The van der Waals surface area contributed by atoms with Crippen LogP contribution in [-0.4, -0.2) is 142 Å². The number of hydrogen-bond donors (Lipinski definition) is 8. The van der Waals surface area contributed by atoms with Crippen molar-refractivity contribution in [2.75, 3.05) is 65.8 Å². The molecule has 2 unspecified atom stereocenters. The smallest absolute Gasteiger partial charge is 0.317 e. The van der Waals surface area contributed by atoms with Gasteiger partial charge in [-0.25, -0.2) is 0 Å². The molecule has 0 aromatic carbocycles. The van der Waals surface area contributed by atoms with Gasteiger partial charge in [0.15, 0.2) is 0 Å². The van der Waals surface area contributed by atoms with Crippen molar-refractivity contribution in [3.8, 4) is 0 Å². The van der Waals surface area contributed by atoms with E-state index in [9.17, 15) is 39.6 Å². The van der Waals surface area contributed by atoms with Crippen LogP contribution in [0.3, 0.4) is 0 Å². The Hall–Kier alpha value is -2.40. The molecule has 0 heterocycles. The molecule has 0 fully saturated rings. The van der Waals surface area contributed by atoms with E-state index in [4.69, 9.17) is 26.4 Å².